The number of alkyl halides is 1. The van der Waals surface area contributed by atoms with Crippen LogP contribution in [0.5, 0.6) is 0 Å². The maximum atomic E-state index is 13.5. The van der Waals surface area contributed by atoms with Crippen molar-refractivity contribution >= 4 is 5.91 Å². The van der Waals surface area contributed by atoms with E-state index in [0.29, 0.717) is 30.5 Å². The minimum absolute atomic E-state index is 0.135. The topological polar surface area (TPSA) is 74.8 Å². The minimum atomic E-state index is -0.477. The molecule has 2 aliphatic rings. The Hall–Kier alpha value is -2.31. The molecule has 4 rings (SSSR count). The number of H-pyrrole nitrogens is 1. The molecule has 3 heterocycles. The first-order chi connectivity index (χ1) is 11.7. The Morgan fingerprint density at radius 1 is 1.33 bits per heavy atom. The standard InChI is InChI=1S/C17H20FN5O/c1-10-3-2-4-14(19-10)17(24)23-8-12(7-18)13(9-23)16-20-15(21-22-16)11-5-6-11/h2-4,11-13H,5-9H2,1H3,(H,20,21,22)/t12-,13-/m1/s1. The van der Waals surface area contributed by atoms with Crippen LogP contribution in [0.25, 0.3) is 0 Å². The fourth-order valence-electron chi connectivity index (χ4n) is 3.31. The molecule has 2 atom stereocenters. The predicted octanol–water partition coefficient (Wildman–Crippen LogP) is 2.21. The van der Waals surface area contributed by atoms with E-state index in [-0.39, 0.29) is 17.7 Å². The maximum absolute atomic E-state index is 13.5. The van der Waals surface area contributed by atoms with Crippen LogP contribution in [-0.4, -0.2) is 50.7 Å². The van der Waals surface area contributed by atoms with Gasteiger partial charge in [0.05, 0.1) is 6.67 Å². The second kappa shape index (κ2) is 5.96. The summed E-state index contributed by atoms with van der Waals surface area (Å²) in [7, 11) is 0. The summed E-state index contributed by atoms with van der Waals surface area (Å²) in [6.45, 7) is 2.20. The van der Waals surface area contributed by atoms with Gasteiger partial charge in [-0.2, -0.15) is 5.10 Å². The Kier molecular flexibility index (Phi) is 3.78. The van der Waals surface area contributed by atoms with Crippen LogP contribution in [0.15, 0.2) is 18.2 Å². The van der Waals surface area contributed by atoms with Crippen molar-refractivity contribution in [3.8, 4) is 0 Å². The fraction of sp³-hybridized carbons (Fsp3) is 0.529. The molecule has 1 saturated carbocycles. The molecule has 2 aromatic heterocycles. The molecule has 2 aromatic rings. The molecule has 24 heavy (non-hydrogen) atoms. The monoisotopic (exact) mass is 329 g/mol. The van der Waals surface area contributed by atoms with Crippen LogP contribution in [-0.2, 0) is 0 Å². The van der Waals surface area contributed by atoms with Gasteiger partial charge in [-0.3, -0.25) is 14.3 Å². The second-order valence-electron chi connectivity index (χ2n) is 6.75. The summed E-state index contributed by atoms with van der Waals surface area (Å²) in [4.78, 5) is 23.2. The zero-order valence-corrected chi connectivity index (χ0v) is 13.6. The van der Waals surface area contributed by atoms with E-state index in [4.69, 9.17) is 0 Å². The van der Waals surface area contributed by atoms with Gasteiger partial charge in [-0.1, -0.05) is 6.07 Å². The third kappa shape index (κ3) is 2.79. The molecule has 7 heteroatoms. The third-order valence-corrected chi connectivity index (χ3v) is 4.85. The van der Waals surface area contributed by atoms with E-state index in [9.17, 15) is 9.18 Å². The summed E-state index contributed by atoms with van der Waals surface area (Å²) in [5.41, 5.74) is 1.20. The van der Waals surface area contributed by atoms with Crippen molar-refractivity contribution in [2.75, 3.05) is 19.8 Å². The number of amides is 1. The number of nitrogens with one attached hydrogen (secondary N) is 1. The molecule has 1 amide bonds. The van der Waals surface area contributed by atoms with Gasteiger partial charge >= 0.3 is 0 Å². The van der Waals surface area contributed by atoms with Crippen molar-refractivity contribution in [2.45, 2.75) is 31.6 Å². The van der Waals surface area contributed by atoms with E-state index in [2.05, 4.69) is 20.2 Å². The minimum Gasteiger partial charge on any atom is -0.336 e. The summed E-state index contributed by atoms with van der Waals surface area (Å²) < 4.78 is 13.5. The Bertz CT molecular complexity index is 757. The summed E-state index contributed by atoms with van der Waals surface area (Å²) in [5.74, 6) is 1.44. The summed E-state index contributed by atoms with van der Waals surface area (Å²) in [6, 6.07) is 5.36. The van der Waals surface area contributed by atoms with E-state index in [1.807, 2.05) is 19.1 Å². The van der Waals surface area contributed by atoms with Crippen LogP contribution in [0, 0.1) is 12.8 Å². The van der Waals surface area contributed by atoms with Crippen LogP contribution in [0.3, 0.4) is 0 Å². The fourth-order valence-corrected chi connectivity index (χ4v) is 3.31. The number of carbonyl (C=O) groups is 1. The number of aromatic amines is 1. The first kappa shape index (κ1) is 15.2. The van der Waals surface area contributed by atoms with Crippen molar-refractivity contribution < 1.29 is 9.18 Å². The van der Waals surface area contributed by atoms with Crippen molar-refractivity contribution in [1.82, 2.24) is 25.1 Å². The molecule has 1 aliphatic heterocycles. The lowest BCUT2D eigenvalue weighted by atomic mass is 9.97. The molecule has 0 unspecified atom stereocenters. The van der Waals surface area contributed by atoms with E-state index in [1.54, 1.807) is 11.0 Å². The molecule has 1 saturated heterocycles. The highest BCUT2D eigenvalue weighted by Crippen LogP contribution is 2.39. The average Bonchev–Trinajstić information content (AvgIpc) is 3.17. The van der Waals surface area contributed by atoms with Crippen molar-refractivity contribution in [1.29, 1.82) is 0 Å². The number of aromatic nitrogens is 4. The van der Waals surface area contributed by atoms with Crippen LogP contribution in [0.1, 0.15) is 52.5 Å². The number of carbonyl (C=O) groups excluding carboxylic acids is 1. The summed E-state index contributed by atoms with van der Waals surface area (Å²) >= 11 is 0. The van der Waals surface area contributed by atoms with E-state index >= 15 is 0 Å². The number of aryl methyl sites for hydroxylation is 1. The molecule has 2 fully saturated rings. The highest BCUT2D eigenvalue weighted by atomic mass is 19.1. The van der Waals surface area contributed by atoms with Gasteiger partial charge < -0.3 is 4.90 Å². The molecule has 0 spiro atoms. The Labute approximate surface area is 139 Å². The molecule has 0 bridgehead atoms. The van der Waals surface area contributed by atoms with Gasteiger partial charge in [0.15, 0.2) is 5.82 Å². The lowest BCUT2D eigenvalue weighted by Gasteiger charge is -2.15. The number of hydrogen-bond donors (Lipinski definition) is 1. The third-order valence-electron chi connectivity index (χ3n) is 4.85. The van der Waals surface area contributed by atoms with Gasteiger partial charge in [0.25, 0.3) is 5.91 Å². The van der Waals surface area contributed by atoms with Crippen LogP contribution in [0.4, 0.5) is 4.39 Å². The highest BCUT2D eigenvalue weighted by molar-refractivity contribution is 5.92. The quantitative estimate of drug-likeness (QED) is 0.933. The van der Waals surface area contributed by atoms with Crippen molar-refractivity contribution in [2.24, 2.45) is 5.92 Å². The maximum Gasteiger partial charge on any atom is 0.272 e. The molecule has 0 aromatic carbocycles. The highest BCUT2D eigenvalue weighted by Gasteiger charge is 2.39. The molecule has 1 aliphatic carbocycles. The van der Waals surface area contributed by atoms with Crippen LogP contribution >= 0.6 is 0 Å². The average molecular weight is 329 g/mol. The predicted molar refractivity (Wildman–Crippen MR) is 85.4 cm³/mol. The lowest BCUT2D eigenvalue weighted by Crippen LogP contribution is -2.30. The summed E-state index contributed by atoms with van der Waals surface area (Å²) in [5, 5.41) is 7.22. The number of nitrogens with zero attached hydrogens (tertiary/aromatic N) is 4. The largest absolute Gasteiger partial charge is 0.336 e. The first-order valence-corrected chi connectivity index (χ1v) is 8.37. The van der Waals surface area contributed by atoms with Gasteiger partial charge in [0.1, 0.15) is 11.5 Å². The molecule has 126 valence electrons. The molecule has 6 nitrogen and oxygen atoms in total. The Morgan fingerprint density at radius 3 is 2.88 bits per heavy atom. The normalized spacial score (nSPS) is 23.7. The number of pyridine rings is 1. The molecule has 0 radical (unpaired) electrons. The van der Waals surface area contributed by atoms with Gasteiger partial charge in [-0.15, -0.1) is 0 Å². The summed E-state index contributed by atoms with van der Waals surface area (Å²) in [6.07, 6.45) is 2.25. The SMILES string of the molecule is Cc1cccc(C(=O)N2C[C@@H](CF)[C@H](c3nc(C4CC4)n[nH]3)C2)n1. The number of halogens is 1. The zero-order chi connectivity index (χ0) is 16.7. The molecular weight excluding hydrogens is 309 g/mol. The van der Waals surface area contributed by atoms with E-state index in [1.165, 1.54) is 0 Å². The van der Waals surface area contributed by atoms with Gasteiger partial charge in [0, 0.05) is 36.5 Å². The second-order valence-corrected chi connectivity index (χ2v) is 6.75. The van der Waals surface area contributed by atoms with E-state index < -0.39 is 6.67 Å². The Balaban J connectivity index is 1.53. The lowest BCUT2D eigenvalue weighted by molar-refractivity contribution is 0.0778. The first-order valence-electron chi connectivity index (χ1n) is 8.37. The van der Waals surface area contributed by atoms with Gasteiger partial charge in [-0.25, -0.2) is 9.97 Å². The smallest absolute Gasteiger partial charge is 0.272 e. The van der Waals surface area contributed by atoms with Gasteiger partial charge in [0.2, 0.25) is 0 Å². The number of hydrogen-bond acceptors (Lipinski definition) is 4. The number of likely N-dealkylation sites (tertiary alicyclic amines) is 1. The van der Waals surface area contributed by atoms with Crippen molar-refractivity contribution in [3.05, 3.63) is 41.2 Å². The van der Waals surface area contributed by atoms with Crippen LogP contribution in [0.2, 0.25) is 0 Å². The Morgan fingerprint density at radius 2 is 2.17 bits per heavy atom. The van der Waals surface area contributed by atoms with E-state index in [0.717, 1.165) is 24.4 Å². The molecule has 1 N–H and O–H groups in total. The number of rotatable bonds is 4. The molecular formula is C17H20FN5O. The van der Waals surface area contributed by atoms with Crippen LogP contribution < -0.4 is 0 Å². The zero-order valence-electron chi connectivity index (χ0n) is 13.6. The van der Waals surface area contributed by atoms with Crippen molar-refractivity contribution in [3.63, 3.8) is 0 Å². The van der Waals surface area contributed by atoms with Gasteiger partial charge in [-0.05, 0) is 31.9 Å².